The lowest BCUT2D eigenvalue weighted by Crippen LogP contribution is -2.26. The maximum absolute atomic E-state index is 5.19. The highest BCUT2D eigenvalue weighted by atomic mass is 16.5. The second-order valence-electron chi connectivity index (χ2n) is 5.66. The first-order valence-corrected chi connectivity index (χ1v) is 5.68. The van der Waals surface area contributed by atoms with E-state index in [1.165, 1.54) is 24.8 Å². The Bertz CT molecular complexity index is 213. The maximum Gasteiger partial charge on any atom is 0.0819 e. The second kappa shape index (κ2) is 4.37. The monoisotopic (exact) mass is 196 g/mol. The van der Waals surface area contributed by atoms with Crippen LogP contribution in [0.5, 0.6) is 0 Å². The Labute approximate surface area is 88.5 Å². The molecule has 1 rings (SSSR count). The van der Waals surface area contributed by atoms with E-state index in [2.05, 4.69) is 27.7 Å². The third-order valence-corrected chi connectivity index (χ3v) is 3.37. The molecule has 0 aromatic heterocycles. The smallest absolute Gasteiger partial charge is 0.0819 e. The average Bonchev–Trinajstić information content (AvgIpc) is 2.02. The number of hydrogen-bond donors (Lipinski definition) is 0. The molecule has 1 saturated carbocycles. The summed E-state index contributed by atoms with van der Waals surface area (Å²) < 4.78 is 5.19. The van der Waals surface area contributed by atoms with Gasteiger partial charge in [0.25, 0.3) is 0 Å². The molecule has 0 aromatic carbocycles. The van der Waals surface area contributed by atoms with Crippen molar-refractivity contribution in [3.8, 4) is 0 Å². The van der Waals surface area contributed by atoms with Crippen molar-refractivity contribution >= 4 is 0 Å². The molecule has 1 heteroatoms. The molecule has 1 fully saturated rings. The highest BCUT2D eigenvalue weighted by Gasteiger charge is 2.32. The molecular weight excluding hydrogens is 172 g/mol. The van der Waals surface area contributed by atoms with Crippen LogP contribution in [0.2, 0.25) is 0 Å². The topological polar surface area (TPSA) is 9.23 Å². The van der Waals surface area contributed by atoms with Gasteiger partial charge in [0.15, 0.2) is 0 Å². The van der Waals surface area contributed by atoms with Gasteiger partial charge in [0, 0.05) is 0 Å². The highest BCUT2D eigenvalue weighted by Crippen LogP contribution is 2.44. The summed E-state index contributed by atoms with van der Waals surface area (Å²) in [4.78, 5) is 0. The van der Waals surface area contributed by atoms with E-state index in [-0.39, 0.29) is 0 Å². The third kappa shape index (κ3) is 2.76. The lowest BCUT2D eigenvalue weighted by molar-refractivity contribution is 0.207. The molecule has 0 heterocycles. The fourth-order valence-electron chi connectivity index (χ4n) is 2.55. The van der Waals surface area contributed by atoms with Gasteiger partial charge in [0.1, 0.15) is 0 Å². The van der Waals surface area contributed by atoms with Crippen molar-refractivity contribution in [1.82, 2.24) is 0 Å². The first-order valence-electron chi connectivity index (χ1n) is 5.68. The van der Waals surface area contributed by atoms with Gasteiger partial charge in [-0.25, -0.2) is 0 Å². The van der Waals surface area contributed by atoms with Crippen molar-refractivity contribution in [2.24, 2.45) is 17.3 Å². The first kappa shape index (κ1) is 11.6. The van der Waals surface area contributed by atoms with Gasteiger partial charge in [-0.1, -0.05) is 27.7 Å². The molecule has 0 bridgehead atoms. The van der Waals surface area contributed by atoms with Crippen LogP contribution in [0.25, 0.3) is 0 Å². The zero-order valence-electron chi connectivity index (χ0n) is 10.3. The average molecular weight is 196 g/mol. The van der Waals surface area contributed by atoms with Crippen LogP contribution in [0.15, 0.2) is 11.8 Å². The molecule has 1 unspecified atom stereocenters. The van der Waals surface area contributed by atoms with Gasteiger partial charge in [0.05, 0.1) is 13.4 Å². The first-order chi connectivity index (χ1) is 6.46. The number of allylic oxidation sites excluding steroid dienone is 1. The van der Waals surface area contributed by atoms with Crippen LogP contribution in [0, 0.1) is 17.3 Å². The molecule has 1 aliphatic rings. The summed E-state index contributed by atoms with van der Waals surface area (Å²) in [5.41, 5.74) is 1.98. The zero-order valence-corrected chi connectivity index (χ0v) is 10.3. The van der Waals surface area contributed by atoms with Gasteiger partial charge in [-0.2, -0.15) is 0 Å². The van der Waals surface area contributed by atoms with E-state index < -0.39 is 0 Å². The largest absolute Gasteiger partial charge is 0.504 e. The van der Waals surface area contributed by atoms with E-state index in [1.807, 2.05) is 6.26 Å². The van der Waals surface area contributed by atoms with E-state index >= 15 is 0 Å². The molecule has 0 saturated heterocycles. The van der Waals surface area contributed by atoms with Crippen LogP contribution >= 0.6 is 0 Å². The summed E-state index contributed by atoms with van der Waals surface area (Å²) in [6.45, 7) is 9.33. The molecule has 0 aromatic rings. The molecule has 82 valence electrons. The van der Waals surface area contributed by atoms with E-state index in [9.17, 15) is 0 Å². The molecular formula is C13H24O. The maximum atomic E-state index is 5.19. The predicted molar refractivity (Wildman–Crippen MR) is 61.1 cm³/mol. The van der Waals surface area contributed by atoms with E-state index in [0.717, 1.165) is 11.8 Å². The normalized spacial score (nSPS) is 29.6. The Morgan fingerprint density at radius 1 is 1.43 bits per heavy atom. The summed E-state index contributed by atoms with van der Waals surface area (Å²) in [5.74, 6) is 1.48. The second-order valence-corrected chi connectivity index (χ2v) is 5.66. The minimum Gasteiger partial charge on any atom is -0.504 e. The van der Waals surface area contributed by atoms with Crippen LogP contribution in [-0.4, -0.2) is 7.11 Å². The standard InChI is InChI=1S/C13H24O/c1-10(2)12-6-7-13(3,4)8-11(12)9-14-5/h9-10,12H,6-8H2,1-5H3/b11-9+. The molecule has 1 aliphatic carbocycles. The number of hydrogen-bond acceptors (Lipinski definition) is 1. The van der Waals surface area contributed by atoms with E-state index in [0.29, 0.717) is 5.41 Å². The van der Waals surface area contributed by atoms with Gasteiger partial charge in [-0.3, -0.25) is 0 Å². The molecule has 0 amide bonds. The fraction of sp³-hybridized carbons (Fsp3) is 0.846. The highest BCUT2D eigenvalue weighted by molar-refractivity contribution is 5.11. The van der Waals surface area contributed by atoms with Crippen LogP contribution in [0.4, 0.5) is 0 Å². The quantitative estimate of drug-likeness (QED) is 0.607. The van der Waals surface area contributed by atoms with Crippen LogP contribution in [0.3, 0.4) is 0 Å². The number of ether oxygens (including phenoxy) is 1. The molecule has 14 heavy (non-hydrogen) atoms. The SMILES string of the molecule is CO/C=C1\CC(C)(C)CCC1C(C)C. The number of rotatable bonds is 2. The molecule has 1 nitrogen and oxygen atoms in total. The summed E-state index contributed by atoms with van der Waals surface area (Å²) in [6.07, 6.45) is 5.84. The third-order valence-electron chi connectivity index (χ3n) is 3.37. The van der Waals surface area contributed by atoms with Crippen molar-refractivity contribution in [2.75, 3.05) is 7.11 Å². The summed E-state index contributed by atoms with van der Waals surface area (Å²) in [6, 6.07) is 0. The zero-order chi connectivity index (χ0) is 10.8. The lowest BCUT2D eigenvalue weighted by atomic mass is 9.67. The van der Waals surface area contributed by atoms with Crippen LogP contribution < -0.4 is 0 Å². The molecule has 0 N–H and O–H groups in total. The van der Waals surface area contributed by atoms with Crippen molar-refractivity contribution in [3.05, 3.63) is 11.8 Å². The van der Waals surface area contributed by atoms with Crippen LogP contribution in [-0.2, 0) is 4.74 Å². The molecule has 0 radical (unpaired) electrons. The predicted octanol–water partition coefficient (Wildman–Crippen LogP) is 4.00. The molecule has 0 aliphatic heterocycles. The number of methoxy groups -OCH3 is 1. The van der Waals surface area contributed by atoms with Gasteiger partial charge in [-0.15, -0.1) is 0 Å². The van der Waals surface area contributed by atoms with Gasteiger partial charge in [-0.05, 0) is 42.1 Å². The van der Waals surface area contributed by atoms with Gasteiger partial charge < -0.3 is 4.74 Å². The Balaban J connectivity index is 2.76. The Morgan fingerprint density at radius 2 is 2.07 bits per heavy atom. The van der Waals surface area contributed by atoms with Gasteiger partial charge >= 0.3 is 0 Å². The van der Waals surface area contributed by atoms with E-state index in [1.54, 1.807) is 7.11 Å². The lowest BCUT2D eigenvalue weighted by Gasteiger charge is -2.38. The molecule has 1 atom stereocenters. The molecule has 0 spiro atoms. The van der Waals surface area contributed by atoms with E-state index in [4.69, 9.17) is 4.74 Å². The van der Waals surface area contributed by atoms with Crippen molar-refractivity contribution in [2.45, 2.75) is 47.0 Å². The minimum absolute atomic E-state index is 0.468. The summed E-state index contributed by atoms with van der Waals surface area (Å²) >= 11 is 0. The summed E-state index contributed by atoms with van der Waals surface area (Å²) in [7, 11) is 1.76. The van der Waals surface area contributed by atoms with Crippen molar-refractivity contribution < 1.29 is 4.74 Å². The fourth-order valence-corrected chi connectivity index (χ4v) is 2.55. The minimum atomic E-state index is 0.468. The van der Waals surface area contributed by atoms with Gasteiger partial charge in [0.2, 0.25) is 0 Å². The van der Waals surface area contributed by atoms with Crippen LogP contribution in [0.1, 0.15) is 47.0 Å². The Morgan fingerprint density at radius 3 is 2.57 bits per heavy atom. The summed E-state index contributed by atoms with van der Waals surface area (Å²) in [5, 5.41) is 0. The van der Waals surface area contributed by atoms with Crippen molar-refractivity contribution in [3.63, 3.8) is 0 Å². The Hall–Kier alpha value is -0.460. The van der Waals surface area contributed by atoms with Crippen molar-refractivity contribution in [1.29, 1.82) is 0 Å². The Kier molecular flexibility index (Phi) is 3.63.